The molecule has 0 saturated heterocycles. The minimum atomic E-state index is -0.759. The maximum atomic E-state index is 13.3. The van der Waals surface area contributed by atoms with Gasteiger partial charge < -0.3 is 21.3 Å². The highest BCUT2D eigenvalue weighted by Gasteiger charge is 2.23. The molecule has 0 aliphatic carbocycles. The molecule has 204 valence electrons. The van der Waals surface area contributed by atoms with Gasteiger partial charge in [0.25, 0.3) is 5.91 Å². The quantitative estimate of drug-likeness (QED) is 0.413. The monoisotopic (exact) mass is 528 g/mol. The summed E-state index contributed by atoms with van der Waals surface area (Å²) in [6.07, 6.45) is 3.04. The van der Waals surface area contributed by atoms with E-state index < -0.39 is 11.9 Å². The van der Waals surface area contributed by atoms with E-state index in [4.69, 9.17) is 0 Å². The van der Waals surface area contributed by atoms with Gasteiger partial charge >= 0.3 is 0 Å². The first-order valence-electron chi connectivity index (χ1n) is 13.4. The van der Waals surface area contributed by atoms with Gasteiger partial charge in [0.1, 0.15) is 11.7 Å². The summed E-state index contributed by atoms with van der Waals surface area (Å²) in [4.78, 5) is 45.2. The number of anilines is 1. The summed E-state index contributed by atoms with van der Waals surface area (Å²) in [5.74, 6) is -0.675. The number of nitrogens with one attached hydrogen (secondary N) is 4. The molecule has 0 unspecified atom stereocenters. The van der Waals surface area contributed by atoms with Crippen LogP contribution in [-0.4, -0.2) is 66.4 Å². The summed E-state index contributed by atoms with van der Waals surface area (Å²) in [5, 5.41) is 12.0. The van der Waals surface area contributed by atoms with Crippen LogP contribution >= 0.6 is 0 Å². The second-order valence-corrected chi connectivity index (χ2v) is 9.58. The molecular weight excluding hydrogens is 492 g/mol. The number of aromatic nitrogens is 1. The van der Waals surface area contributed by atoms with Gasteiger partial charge in [0.2, 0.25) is 11.8 Å². The van der Waals surface area contributed by atoms with Gasteiger partial charge in [-0.05, 0) is 36.2 Å². The molecule has 2 bridgehead atoms. The summed E-state index contributed by atoms with van der Waals surface area (Å²) < 4.78 is 0. The van der Waals surface area contributed by atoms with Gasteiger partial charge in [0.15, 0.2) is 0 Å². The van der Waals surface area contributed by atoms with Gasteiger partial charge in [-0.15, -0.1) is 0 Å². The largest absolute Gasteiger partial charge is 0.383 e. The number of rotatable bonds is 4. The number of pyridine rings is 1. The third kappa shape index (κ3) is 9.22. The van der Waals surface area contributed by atoms with Crippen LogP contribution in [-0.2, 0) is 22.6 Å². The second kappa shape index (κ2) is 14.6. The summed E-state index contributed by atoms with van der Waals surface area (Å²) >= 11 is 0. The first-order valence-corrected chi connectivity index (χ1v) is 13.4. The maximum absolute atomic E-state index is 13.3. The molecule has 3 amide bonds. The Kier molecular flexibility index (Phi) is 10.4. The Bertz CT molecular complexity index is 1220. The zero-order chi connectivity index (χ0) is 27.3. The molecule has 0 spiro atoms. The molecule has 0 saturated carbocycles. The normalized spacial score (nSPS) is 18.4. The van der Waals surface area contributed by atoms with Crippen LogP contribution in [0, 0.1) is 0 Å². The Morgan fingerprint density at radius 1 is 0.795 bits per heavy atom. The van der Waals surface area contributed by atoms with E-state index >= 15 is 0 Å². The number of benzene rings is 2. The van der Waals surface area contributed by atoms with Crippen molar-refractivity contribution < 1.29 is 14.4 Å². The Hall–Kier alpha value is -4.24. The first kappa shape index (κ1) is 27.8. The van der Waals surface area contributed by atoms with Crippen molar-refractivity contribution in [2.45, 2.75) is 31.8 Å². The van der Waals surface area contributed by atoms with Crippen molar-refractivity contribution in [3.8, 4) is 0 Å². The van der Waals surface area contributed by atoms with Crippen molar-refractivity contribution in [2.75, 3.05) is 38.0 Å². The summed E-state index contributed by atoms with van der Waals surface area (Å²) in [6, 6.07) is 22.4. The third-order valence-electron chi connectivity index (χ3n) is 6.53. The smallest absolute Gasteiger partial charge is 0.270 e. The van der Waals surface area contributed by atoms with E-state index in [0.717, 1.165) is 12.1 Å². The van der Waals surface area contributed by atoms with Gasteiger partial charge in [0.05, 0.1) is 0 Å². The molecule has 3 aromatic rings. The Labute approximate surface area is 229 Å². The molecule has 1 atom stereocenters. The van der Waals surface area contributed by atoms with Gasteiger partial charge in [0, 0.05) is 57.4 Å². The first-order chi connectivity index (χ1) is 19.1. The highest BCUT2D eigenvalue weighted by atomic mass is 16.2. The van der Waals surface area contributed by atoms with Crippen LogP contribution in [0.5, 0.6) is 0 Å². The fourth-order valence-electron chi connectivity index (χ4n) is 4.49. The molecule has 2 aromatic carbocycles. The van der Waals surface area contributed by atoms with Crippen LogP contribution in [0.1, 0.15) is 34.5 Å². The number of fused-ring (bicyclic) bond motifs is 2. The molecule has 0 radical (unpaired) electrons. The van der Waals surface area contributed by atoms with E-state index in [0.29, 0.717) is 57.7 Å². The average molecular weight is 529 g/mol. The predicted octanol–water partition coefficient (Wildman–Crippen LogP) is 2.36. The van der Waals surface area contributed by atoms with Gasteiger partial charge in [-0.1, -0.05) is 60.7 Å². The van der Waals surface area contributed by atoms with Gasteiger partial charge in [-0.2, -0.15) is 0 Å². The van der Waals surface area contributed by atoms with Crippen LogP contribution in [0.3, 0.4) is 0 Å². The Morgan fingerprint density at radius 2 is 1.51 bits per heavy atom. The summed E-state index contributed by atoms with van der Waals surface area (Å²) in [7, 11) is 0. The van der Waals surface area contributed by atoms with Crippen molar-refractivity contribution in [3.63, 3.8) is 0 Å². The fourth-order valence-corrected chi connectivity index (χ4v) is 4.49. The molecule has 1 aliphatic heterocycles. The molecule has 1 aliphatic rings. The number of hydrogen-bond acceptors (Lipinski definition) is 6. The minimum Gasteiger partial charge on any atom is -0.383 e. The van der Waals surface area contributed by atoms with Crippen LogP contribution < -0.4 is 21.3 Å². The maximum Gasteiger partial charge on any atom is 0.270 e. The van der Waals surface area contributed by atoms with Crippen LogP contribution in [0.25, 0.3) is 0 Å². The number of carbonyl (C=O) groups is 3. The van der Waals surface area contributed by atoms with E-state index in [-0.39, 0.29) is 17.5 Å². The topological polar surface area (TPSA) is 115 Å². The lowest BCUT2D eigenvalue weighted by Gasteiger charge is -2.24. The van der Waals surface area contributed by atoms with Crippen molar-refractivity contribution in [2.24, 2.45) is 0 Å². The Morgan fingerprint density at radius 3 is 2.28 bits per heavy atom. The lowest BCUT2D eigenvalue weighted by molar-refractivity contribution is -0.123. The molecule has 9 nitrogen and oxygen atoms in total. The van der Waals surface area contributed by atoms with Crippen molar-refractivity contribution >= 4 is 23.4 Å². The lowest BCUT2D eigenvalue weighted by Crippen LogP contribution is -2.49. The molecular formula is C30H36N6O3. The lowest BCUT2D eigenvalue weighted by atomic mass is 10.0. The summed E-state index contributed by atoms with van der Waals surface area (Å²) in [5.41, 5.74) is 3.04. The summed E-state index contributed by atoms with van der Waals surface area (Å²) in [6.45, 7) is 3.44. The fraction of sp³-hybridized carbons (Fsp3) is 0.333. The van der Waals surface area contributed by atoms with E-state index in [1.54, 1.807) is 18.3 Å². The minimum absolute atomic E-state index is 0.00114. The zero-order valence-corrected chi connectivity index (χ0v) is 22.1. The molecule has 39 heavy (non-hydrogen) atoms. The molecule has 4 N–H and O–H groups in total. The standard InChI is InChI=1S/C30H36N6O3/c37-28-12-7-18-36(22-24-10-5-2-6-11-24)19-17-34-29(38)27(20-23-8-3-1-4-9-23)35-30(39)26-21-25(13-14-32-26)31-15-16-33-28/h1-6,8-11,13-14,21,27,31H,7,12,15-20,22H2,(H,33,37)(H,34,38)(H,35,39)/t27-/m0/s1. The van der Waals surface area contributed by atoms with Crippen LogP contribution in [0.4, 0.5) is 5.69 Å². The number of nitrogens with zero attached hydrogens (tertiary/aromatic N) is 2. The number of carbonyl (C=O) groups excluding carboxylic acids is 3. The predicted molar refractivity (Wildman–Crippen MR) is 151 cm³/mol. The van der Waals surface area contributed by atoms with Crippen molar-refractivity contribution in [1.29, 1.82) is 0 Å². The molecule has 0 fully saturated rings. The van der Waals surface area contributed by atoms with Crippen molar-refractivity contribution in [3.05, 3.63) is 95.8 Å². The third-order valence-corrected chi connectivity index (χ3v) is 6.53. The highest BCUT2D eigenvalue weighted by molar-refractivity contribution is 5.96. The molecule has 1 aromatic heterocycles. The van der Waals surface area contributed by atoms with E-state index in [1.165, 1.54) is 5.56 Å². The average Bonchev–Trinajstić information content (AvgIpc) is 2.95. The molecule has 4 rings (SSSR count). The van der Waals surface area contributed by atoms with E-state index in [1.807, 2.05) is 48.5 Å². The Balaban J connectivity index is 1.50. The molecule has 9 heteroatoms. The zero-order valence-electron chi connectivity index (χ0n) is 22.1. The van der Waals surface area contributed by atoms with Crippen molar-refractivity contribution in [1.82, 2.24) is 25.8 Å². The number of amides is 3. The highest BCUT2D eigenvalue weighted by Crippen LogP contribution is 2.10. The van der Waals surface area contributed by atoms with Gasteiger partial charge in [-0.25, -0.2) is 0 Å². The van der Waals surface area contributed by atoms with E-state index in [2.05, 4.69) is 43.3 Å². The van der Waals surface area contributed by atoms with Crippen LogP contribution in [0.2, 0.25) is 0 Å². The molecule has 2 heterocycles. The number of hydrogen-bond donors (Lipinski definition) is 4. The SMILES string of the molecule is O=C1CCCN(Cc2ccccc2)CCNC(=O)[C@H](Cc2ccccc2)NC(=O)c2cc(ccn2)NCCN1. The van der Waals surface area contributed by atoms with Crippen LogP contribution in [0.15, 0.2) is 79.0 Å². The van der Waals surface area contributed by atoms with Gasteiger partial charge in [-0.3, -0.25) is 24.3 Å². The van der Waals surface area contributed by atoms with E-state index in [9.17, 15) is 14.4 Å². The second-order valence-electron chi connectivity index (χ2n) is 9.58.